The lowest BCUT2D eigenvalue weighted by atomic mass is 10.1. The highest BCUT2D eigenvalue weighted by atomic mass is 16.5. The van der Waals surface area contributed by atoms with E-state index >= 15 is 0 Å². The van der Waals surface area contributed by atoms with Crippen molar-refractivity contribution in [3.8, 4) is 5.75 Å². The third-order valence-electron chi connectivity index (χ3n) is 4.02. The zero-order valence-corrected chi connectivity index (χ0v) is 14.7. The number of benzene rings is 2. The fraction of sp³-hybridized carbons (Fsp3) is 0.250. The van der Waals surface area contributed by atoms with Gasteiger partial charge in [0.15, 0.2) is 11.5 Å². The van der Waals surface area contributed by atoms with Crippen LogP contribution in [0.5, 0.6) is 5.75 Å². The van der Waals surface area contributed by atoms with Crippen LogP contribution >= 0.6 is 0 Å². The lowest BCUT2D eigenvalue weighted by molar-refractivity contribution is 0.0727. The number of para-hydroxylation sites is 1. The molecule has 3 aromatic rings. The summed E-state index contributed by atoms with van der Waals surface area (Å²) < 4.78 is 7.34. The van der Waals surface area contributed by atoms with E-state index < -0.39 is 5.97 Å². The second-order valence-electron chi connectivity index (χ2n) is 6.35. The first-order valence-corrected chi connectivity index (χ1v) is 8.19. The molecule has 0 fully saturated rings. The second kappa shape index (κ2) is 6.51. The van der Waals surface area contributed by atoms with Crippen molar-refractivity contribution in [3.05, 3.63) is 59.3 Å². The number of ether oxygens (including phenoxy) is 1. The molecular weight excluding hydrogens is 316 g/mol. The number of aromatic nitrogens is 2. The average molecular weight is 336 g/mol. The van der Waals surface area contributed by atoms with Crippen LogP contribution in [-0.2, 0) is 0 Å². The maximum absolute atomic E-state index is 12.7. The molecule has 1 heterocycles. The summed E-state index contributed by atoms with van der Waals surface area (Å²) in [5.74, 6) is -0.454. The molecule has 0 amide bonds. The largest absolute Gasteiger partial charge is 0.421 e. The van der Waals surface area contributed by atoms with Crippen LogP contribution in [0.1, 0.15) is 53.2 Å². The van der Waals surface area contributed by atoms with E-state index in [0.717, 1.165) is 16.5 Å². The van der Waals surface area contributed by atoms with Gasteiger partial charge >= 0.3 is 5.97 Å². The Hall–Kier alpha value is -2.95. The van der Waals surface area contributed by atoms with Gasteiger partial charge in [-0.3, -0.25) is 9.48 Å². The van der Waals surface area contributed by atoms with E-state index in [-0.39, 0.29) is 23.3 Å². The van der Waals surface area contributed by atoms with E-state index in [1.807, 2.05) is 51.1 Å². The molecule has 0 saturated carbocycles. The highest BCUT2D eigenvalue weighted by Gasteiger charge is 2.21. The summed E-state index contributed by atoms with van der Waals surface area (Å²) in [6.45, 7) is 7.33. The lowest BCUT2D eigenvalue weighted by Gasteiger charge is -2.08. The summed E-state index contributed by atoms with van der Waals surface area (Å²) in [7, 11) is 0. The minimum atomic E-state index is -0.566. The van der Waals surface area contributed by atoms with Gasteiger partial charge in [-0.05, 0) is 51.5 Å². The number of hydrogen-bond donors (Lipinski definition) is 0. The Morgan fingerprint density at radius 1 is 1.12 bits per heavy atom. The third-order valence-corrected chi connectivity index (χ3v) is 4.02. The number of fused-ring (bicyclic) bond motifs is 1. The number of carbonyl (C=O) groups is 2. The first-order chi connectivity index (χ1) is 11.9. The molecule has 1 aromatic heterocycles. The Kier molecular flexibility index (Phi) is 4.40. The van der Waals surface area contributed by atoms with Gasteiger partial charge in [0.2, 0.25) is 0 Å². The quantitative estimate of drug-likeness (QED) is 0.404. The smallest absolute Gasteiger partial charge is 0.364 e. The molecule has 0 aliphatic rings. The predicted molar refractivity (Wildman–Crippen MR) is 96.3 cm³/mol. The summed E-state index contributed by atoms with van der Waals surface area (Å²) in [4.78, 5) is 24.5. The number of esters is 1. The topological polar surface area (TPSA) is 61.2 Å². The van der Waals surface area contributed by atoms with Crippen LogP contribution in [0.25, 0.3) is 10.9 Å². The van der Waals surface area contributed by atoms with Crippen LogP contribution in [0.4, 0.5) is 0 Å². The van der Waals surface area contributed by atoms with Crippen molar-refractivity contribution in [3.63, 3.8) is 0 Å². The normalized spacial score (nSPS) is 11.1. The van der Waals surface area contributed by atoms with Crippen LogP contribution in [0.2, 0.25) is 0 Å². The first-order valence-electron chi connectivity index (χ1n) is 8.19. The SMILES string of the molecule is CC(=O)c1ccc(C)cc1OC(=O)c1nn(C(C)C)c2ccccc12. The fourth-order valence-electron chi connectivity index (χ4n) is 2.79. The zero-order chi connectivity index (χ0) is 18.1. The molecule has 0 unspecified atom stereocenters. The van der Waals surface area contributed by atoms with Gasteiger partial charge in [-0.1, -0.05) is 24.3 Å². The fourth-order valence-corrected chi connectivity index (χ4v) is 2.79. The molecule has 0 N–H and O–H groups in total. The maximum atomic E-state index is 12.7. The van der Waals surface area contributed by atoms with Crippen molar-refractivity contribution in [2.75, 3.05) is 0 Å². The second-order valence-corrected chi connectivity index (χ2v) is 6.35. The number of aryl methyl sites for hydroxylation is 1. The molecule has 128 valence electrons. The van der Waals surface area contributed by atoms with Gasteiger partial charge in [0.25, 0.3) is 0 Å². The van der Waals surface area contributed by atoms with E-state index in [2.05, 4.69) is 5.10 Å². The van der Waals surface area contributed by atoms with Gasteiger partial charge in [-0.25, -0.2) is 4.79 Å². The molecule has 25 heavy (non-hydrogen) atoms. The number of Topliss-reactive ketones (excluding diaryl/α,β-unsaturated/α-hetero) is 1. The molecule has 5 nitrogen and oxygen atoms in total. The van der Waals surface area contributed by atoms with E-state index in [9.17, 15) is 9.59 Å². The number of hydrogen-bond acceptors (Lipinski definition) is 4. The van der Waals surface area contributed by atoms with Gasteiger partial charge in [0.05, 0.1) is 11.1 Å². The van der Waals surface area contributed by atoms with Gasteiger partial charge < -0.3 is 4.74 Å². The highest BCUT2D eigenvalue weighted by molar-refractivity contribution is 6.04. The molecule has 0 atom stereocenters. The zero-order valence-electron chi connectivity index (χ0n) is 14.7. The minimum Gasteiger partial charge on any atom is -0.421 e. The lowest BCUT2D eigenvalue weighted by Crippen LogP contribution is -2.13. The molecule has 0 aliphatic carbocycles. The van der Waals surface area contributed by atoms with Gasteiger partial charge in [-0.15, -0.1) is 0 Å². The summed E-state index contributed by atoms with van der Waals surface area (Å²) in [5.41, 5.74) is 2.41. The number of ketones is 1. The molecule has 2 aromatic carbocycles. The standard InChI is InChI=1S/C20H20N2O3/c1-12(2)22-17-8-6-5-7-16(17)19(21-22)20(24)25-18-11-13(3)9-10-15(18)14(4)23/h5-12H,1-4H3. The Morgan fingerprint density at radius 3 is 2.52 bits per heavy atom. The van der Waals surface area contributed by atoms with Crippen molar-refractivity contribution in [1.82, 2.24) is 9.78 Å². The minimum absolute atomic E-state index is 0.109. The Labute approximate surface area is 146 Å². The van der Waals surface area contributed by atoms with E-state index in [0.29, 0.717) is 5.56 Å². The molecule has 0 saturated heterocycles. The van der Waals surface area contributed by atoms with Crippen LogP contribution < -0.4 is 4.74 Å². The van der Waals surface area contributed by atoms with Crippen LogP contribution in [0.3, 0.4) is 0 Å². The average Bonchev–Trinajstić information content (AvgIpc) is 2.94. The van der Waals surface area contributed by atoms with Crippen LogP contribution in [0, 0.1) is 6.92 Å². The van der Waals surface area contributed by atoms with Crippen molar-refractivity contribution < 1.29 is 14.3 Å². The number of carbonyl (C=O) groups excluding carboxylic acids is 2. The predicted octanol–water partition coefficient (Wildman–Crippen LogP) is 4.35. The summed E-state index contributed by atoms with van der Waals surface area (Å²) in [6, 6.07) is 12.8. The highest BCUT2D eigenvalue weighted by Crippen LogP contribution is 2.25. The first kappa shape index (κ1) is 16.9. The Morgan fingerprint density at radius 2 is 1.84 bits per heavy atom. The van der Waals surface area contributed by atoms with Crippen molar-refractivity contribution in [1.29, 1.82) is 0 Å². The van der Waals surface area contributed by atoms with Gasteiger partial charge in [0, 0.05) is 11.4 Å². The van der Waals surface area contributed by atoms with Gasteiger partial charge in [0.1, 0.15) is 5.75 Å². The van der Waals surface area contributed by atoms with Crippen molar-refractivity contribution >= 4 is 22.7 Å². The molecular formula is C20H20N2O3. The molecule has 0 bridgehead atoms. The molecule has 0 spiro atoms. The Bertz CT molecular complexity index is 970. The molecule has 3 rings (SSSR count). The van der Waals surface area contributed by atoms with E-state index in [1.165, 1.54) is 6.92 Å². The van der Waals surface area contributed by atoms with Crippen molar-refractivity contribution in [2.45, 2.75) is 33.7 Å². The summed E-state index contributed by atoms with van der Waals surface area (Å²) >= 11 is 0. The molecule has 0 aliphatic heterocycles. The Balaban J connectivity index is 2.05. The van der Waals surface area contributed by atoms with E-state index in [1.54, 1.807) is 16.8 Å². The van der Waals surface area contributed by atoms with Crippen molar-refractivity contribution in [2.24, 2.45) is 0 Å². The molecule has 5 heteroatoms. The van der Waals surface area contributed by atoms with Crippen LogP contribution in [-0.4, -0.2) is 21.5 Å². The van der Waals surface area contributed by atoms with Crippen LogP contribution in [0.15, 0.2) is 42.5 Å². The third kappa shape index (κ3) is 3.18. The molecule has 0 radical (unpaired) electrons. The maximum Gasteiger partial charge on any atom is 0.364 e. The van der Waals surface area contributed by atoms with Gasteiger partial charge in [-0.2, -0.15) is 5.10 Å². The monoisotopic (exact) mass is 336 g/mol. The number of rotatable bonds is 4. The summed E-state index contributed by atoms with van der Waals surface area (Å²) in [5, 5.41) is 5.17. The summed E-state index contributed by atoms with van der Waals surface area (Å²) in [6.07, 6.45) is 0. The van der Waals surface area contributed by atoms with E-state index in [4.69, 9.17) is 4.74 Å². The number of nitrogens with zero attached hydrogens (tertiary/aromatic N) is 2.